The first-order valence-corrected chi connectivity index (χ1v) is 11.3. The summed E-state index contributed by atoms with van der Waals surface area (Å²) in [5.74, 6) is 2.25. The number of imidazole rings is 1. The number of aryl methyl sites for hydroxylation is 2. The van der Waals surface area contributed by atoms with Crippen molar-refractivity contribution in [2.24, 2.45) is 0 Å². The van der Waals surface area contributed by atoms with Crippen molar-refractivity contribution in [3.8, 4) is 5.82 Å². The molecule has 0 saturated carbocycles. The smallest absolute Gasteiger partial charge is 0.252 e. The second-order valence-corrected chi connectivity index (χ2v) is 9.85. The molecule has 1 fully saturated rings. The molecule has 0 N–H and O–H groups in total. The molecular weight excluding hydrogens is 396 g/mol. The SMILES string of the molecule is Cc1nc(N2CCN(S(=O)(=O)c3cccs3)CC2)cc(-n2cnc(C)c2C)n1. The minimum atomic E-state index is -3.41. The van der Waals surface area contributed by atoms with E-state index < -0.39 is 10.0 Å². The molecule has 0 unspecified atom stereocenters. The Morgan fingerprint density at radius 1 is 1.04 bits per heavy atom. The van der Waals surface area contributed by atoms with Crippen LogP contribution in [0.5, 0.6) is 0 Å². The van der Waals surface area contributed by atoms with Crippen molar-refractivity contribution in [3.05, 3.63) is 47.1 Å². The summed E-state index contributed by atoms with van der Waals surface area (Å²) in [4.78, 5) is 15.6. The number of hydrogen-bond acceptors (Lipinski definition) is 7. The number of anilines is 1. The van der Waals surface area contributed by atoms with Crippen LogP contribution in [-0.2, 0) is 10.0 Å². The van der Waals surface area contributed by atoms with E-state index in [1.165, 1.54) is 11.3 Å². The van der Waals surface area contributed by atoms with Crippen LogP contribution in [0.25, 0.3) is 5.82 Å². The molecular formula is C18H22N6O2S2. The molecule has 0 aromatic carbocycles. The van der Waals surface area contributed by atoms with Gasteiger partial charge in [0.25, 0.3) is 10.0 Å². The van der Waals surface area contributed by atoms with E-state index in [0.717, 1.165) is 23.0 Å². The van der Waals surface area contributed by atoms with Crippen LogP contribution in [0.1, 0.15) is 17.2 Å². The summed E-state index contributed by atoms with van der Waals surface area (Å²) in [7, 11) is -3.41. The first-order valence-electron chi connectivity index (χ1n) is 9.01. The van der Waals surface area contributed by atoms with E-state index in [1.807, 2.05) is 31.4 Å². The number of piperazine rings is 1. The summed E-state index contributed by atoms with van der Waals surface area (Å²) in [6.45, 7) is 7.87. The Balaban J connectivity index is 1.55. The maximum absolute atomic E-state index is 12.7. The number of thiophene rings is 1. The molecule has 1 aliphatic rings. The third kappa shape index (κ3) is 3.43. The molecule has 148 valence electrons. The molecule has 0 atom stereocenters. The van der Waals surface area contributed by atoms with E-state index in [-0.39, 0.29) is 0 Å². The predicted molar refractivity (Wildman–Crippen MR) is 109 cm³/mol. The highest BCUT2D eigenvalue weighted by Crippen LogP contribution is 2.24. The lowest BCUT2D eigenvalue weighted by Gasteiger charge is -2.34. The van der Waals surface area contributed by atoms with Crippen molar-refractivity contribution in [1.82, 2.24) is 23.8 Å². The zero-order valence-corrected chi connectivity index (χ0v) is 17.7. The van der Waals surface area contributed by atoms with Gasteiger partial charge < -0.3 is 4.90 Å². The molecule has 3 aromatic rings. The normalized spacial score (nSPS) is 15.9. The van der Waals surface area contributed by atoms with Crippen LogP contribution in [0, 0.1) is 20.8 Å². The average molecular weight is 419 g/mol. The van der Waals surface area contributed by atoms with Gasteiger partial charge in [0, 0.05) is 37.9 Å². The molecule has 4 heterocycles. The van der Waals surface area contributed by atoms with Crippen molar-refractivity contribution < 1.29 is 8.42 Å². The Morgan fingerprint density at radius 3 is 2.36 bits per heavy atom. The van der Waals surface area contributed by atoms with Crippen molar-refractivity contribution in [2.45, 2.75) is 25.0 Å². The molecule has 10 heteroatoms. The van der Waals surface area contributed by atoms with Crippen LogP contribution in [0.4, 0.5) is 5.82 Å². The lowest BCUT2D eigenvalue weighted by Crippen LogP contribution is -2.48. The number of hydrogen-bond donors (Lipinski definition) is 0. The number of sulfonamides is 1. The molecule has 0 spiro atoms. The maximum atomic E-state index is 12.7. The van der Waals surface area contributed by atoms with Crippen molar-refractivity contribution in [1.29, 1.82) is 0 Å². The van der Waals surface area contributed by atoms with E-state index in [9.17, 15) is 8.42 Å². The van der Waals surface area contributed by atoms with Gasteiger partial charge in [-0.3, -0.25) is 4.57 Å². The van der Waals surface area contributed by atoms with Crippen LogP contribution in [0.15, 0.2) is 34.1 Å². The molecule has 4 rings (SSSR count). The largest absolute Gasteiger partial charge is 0.354 e. The predicted octanol–water partition coefficient (Wildman–Crippen LogP) is 2.16. The molecule has 0 aliphatic carbocycles. The third-order valence-electron chi connectivity index (χ3n) is 4.96. The average Bonchev–Trinajstić information content (AvgIpc) is 3.33. The van der Waals surface area contributed by atoms with Gasteiger partial charge in [0.05, 0.1) is 5.69 Å². The Labute approximate surface area is 168 Å². The summed E-state index contributed by atoms with van der Waals surface area (Å²) in [5, 5.41) is 1.79. The Bertz CT molecular complexity index is 1080. The third-order valence-corrected chi connectivity index (χ3v) is 8.23. The molecule has 28 heavy (non-hydrogen) atoms. The lowest BCUT2D eigenvalue weighted by atomic mass is 10.3. The Hall–Kier alpha value is -2.30. The maximum Gasteiger partial charge on any atom is 0.252 e. The van der Waals surface area contributed by atoms with Crippen LogP contribution in [-0.4, -0.2) is 58.4 Å². The summed E-state index contributed by atoms with van der Waals surface area (Å²) in [6.07, 6.45) is 1.77. The van der Waals surface area contributed by atoms with Crippen molar-refractivity contribution >= 4 is 27.2 Å². The summed E-state index contributed by atoms with van der Waals surface area (Å²) in [5.41, 5.74) is 2.00. The van der Waals surface area contributed by atoms with Gasteiger partial charge in [0.15, 0.2) is 0 Å². The van der Waals surface area contributed by atoms with Crippen LogP contribution in [0.3, 0.4) is 0 Å². The fourth-order valence-corrected chi connectivity index (χ4v) is 5.81. The van der Waals surface area contributed by atoms with Crippen molar-refractivity contribution in [3.63, 3.8) is 0 Å². The number of nitrogens with zero attached hydrogens (tertiary/aromatic N) is 6. The highest BCUT2D eigenvalue weighted by molar-refractivity contribution is 7.91. The lowest BCUT2D eigenvalue weighted by molar-refractivity contribution is 0.384. The first-order chi connectivity index (χ1) is 13.4. The quantitative estimate of drug-likeness (QED) is 0.646. The van der Waals surface area contributed by atoms with Gasteiger partial charge in [0.2, 0.25) is 0 Å². The van der Waals surface area contributed by atoms with E-state index >= 15 is 0 Å². The topological polar surface area (TPSA) is 84.2 Å². The van der Waals surface area contributed by atoms with Crippen LogP contribution < -0.4 is 4.90 Å². The van der Waals surface area contributed by atoms with Gasteiger partial charge in [-0.05, 0) is 32.2 Å². The van der Waals surface area contributed by atoms with E-state index in [1.54, 1.807) is 28.1 Å². The van der Waals surface area contributed by atoms with Gasteiger partial charge in [0.1, 0.15) is 28.0 Å². The van der Waals surface area contributed by atoms with E-state index in [2.05, 4.69) is 19.9 Å². The summed E-state index contributed by atoms with van der Waals surface area (Å²) in [6, 6.07) is 5.35. The molecule has 0 radical (unpaired) electrons. The van der Waals surface area contributed by atoms with E-state index in [0.29, 0.717) is 36.2 Å². The molecule has 3 aromatic heterocycles. The molecule has 8 nitrogen and oxygen atoms in total. The second kappa shape index (κ2) is 7.26. The molecule has 1 aliphatic heterocycles. The fourth-order valence-electron chi connectivity index (χ4n) is 3.25. The van der Waals surface area contributed by atoms with Crippen LogP contribution in [0.2, 0.25) is 0 Å². The van der Waals surface area contributed by atoms with Gasteiger partial charge in [-0.2, -0.15) is 4.31 Å². The highest BCUT2D eigenvalue weighted by Gasteiger charge is 2.29. The highest BCUT2D eigenvalue weighted by atomic mass is 32.2. The van der Waals surface area contributed by atoms with E-state index in [4.69, 9.17) is 0 Å². The standard InChI is InChI=1S/C18H22N6O2S2/c1-13-14(2)24(12-19-13)17-11-16(20-15(3)21-17)22-6-8-23(9-7-22)28(25,26)18-5-4-10-27-18/h4-5,10-12H,6-9H2,1-3H3. The molecule has 0 bridgehead atoms. The van der Waals surface area contributed by atoms with Gasteiger partial charge in [-0.25, -0.2) is 23.4 Å². The number of aromatic nitrogens is 4. The molecule has 0 amide bonds. The fraction of sp³-hybridized carbons (Fsp3) is 0.389. The summed E-state index contributed by atoms with van der Waals surface area (Å²) < 4.78 is 29.3. The van der Waals surface area contributed by atoms with Gasteiger partial charge in [-0.1, -0.05) is 6.07 Å². The van der Waals surface area contributed by atoms with Gasteiger partial charge >= 0.3 is 0 Å². The molecule has 1 saturated heterocycles. The first kappa shape index (κ1) is 19.0. The summed E-state index contributed by atoms with van der Waals surface area (Å²) >= 11 is 1.25. The zero-order chi connectivity index (χ0) is 19.9. The van der Waals surface area contributed by atoms with Gasteiger partial charge in [-0.15, -0.1) is 11.3 Å². The monoisotopic (exact) mass is 418 g/mol. The number of rotatable bonds is 4. The minimum Gasteiger partial charge on any atom is -0.354 e. The zero-order valence-electron chi connectivity index (χ0n) is 16.0. The Kier molecular flexibility index (Phi) is 4.94. The second-order valence-electron chi connectivity index (χ2n) is 6.74. The van der Waals surface area contributed by atoms with Crippen LogP contribution >= 0.6 is 11.3 Å². The van der Waals surface area contributed by atoms with Crippen molar-refractivity contribution in [2.75, 3.05) is 31.1 Å². The minimum absolute atomic E-state index is 0.395. The Morgan fingerprint density at radius 2 is 1.75 bits per heavy atom.